The van der Waals surface area contributed by atoms with E-state index in [1.54, 1.807) is 11.3 Å². The van der Waals surface area contributed by atoms with E-state index in [1.807, 2.05) is 0 Å². The summed E-state index contributed by atoms with van der Waals surface area (Å²) in [6.45, 7) is 2.22. The van der Waals surface area contributed by atoms with Crippen LogP contribution >= 0.6 is 27.3 Å². The van der Waals surface area contributed by atoms with Gasteiger partial charge in [-0.2, -0.15) is 0 Å². The van der Waals surface area contributed by atoms with Gasteiger partial charge in [0.05, 0.1) is 0 Å². The lowest BCUT2D eigenvalue weighted by Gasteiger charge is -2.14. The molecular formula is C9H14BrN3S. The topological polar surface area (TPSA) is 37.8 Å². The normalized spacial score (nSPS) is 18.1. The van der Waals surface area contributed by atoms with Crippen LogP contribution in [-0.2, 0) is 0 Å². The number of nitrogens with one attached hydrogen (secondary N) is 1. The summed E-state index contributed by atoms with van der Waals surface area (Å²) in [5.74, 6) is 0.962. The van der Waals surface area contributed by atoms with Crippen LogP contribution in [0.15, 0.2) is 3.92 Å². The van der Waals surface area contributed by atoms with Crippen molar-refractivity contribution in [1.29, 1.82) is 0 Å². The summed E-state index contributed by atoms with van der Waals surface area (Å²) in [5, 5.41) is 12.3. The minimum Gasteiger partial charge on any atom is -0.357 e. The van der Waals surface area contributed by atoms with Crippen molar-refractivity contribution >= 4 is 32.4 Å². The Bertz CT molecular complexity index is 298. The smallest absolute Gasteiger partial charge is 0.206 e. The Morgan fingerprint density at radius 1 is 1.57 bits per heavy atom. The molecule has 1 heterocycles. The number of aromatic nitrogens is 2. The molecule has 5 heteroatoms. The lowest BCUT2D eigenvalue weighted by atomic mass is 10.1. The Balaban J connectivity index is 1.86. The molecule has 1 aliphatic carbocycles. The van der Waals surface area contributed by atoms with Gasteiger partial charge in [0.2, 0.25) is 5.13 Å². The molecule has 1 N–H and O–H groups in total. The quantitative estimate of drug-likeness (QED) is 0.896. The molecule has 0 saturated heterocycles. The summed E-state index contributed by atoms with van der Waals surface area (Å²) in [4.78, 5) is 0. The van der Waals surface area contributed by atoms with E-state index in [2.05, 4.69) is 38.4 Å². The third-order valence-corrected chi connectivity index (χ3v) is 3.82. The van der Waals surface area contributed by atoms with Crippen LogP contribution < -0.4 is 5.32 Å². The molecule has 0 aliphatic heterocycles. The van der Waals surface area contributed by atoms with Crippen LogP contribution in [0, 0.1) is 5.92 Å². The fraction of sp³-hybridized carbons (Fsp3) is 0.778. The maximum Gasteiger partial charge on any atom is 0.206 e. The summed E-state index contributed by atoms with van der Waals surface area (Å²) in [6.07, 6.45) is 5.28. The highest BCUT2D eigenvalue weighted by molar-refractivity contribution is 9.11. The third-order valence-electron chi connectivity index (χ3n) is 2.54. The van der Waals surface area contributed by atoms with Crippen molar-refractivity contribution in [1.82, 2.24) is 10.2 Å². The molecule has 78 valence electrons. The van der Waals surface area contributed by atoms with E-state index >= 15 is 0 Å². The number of nitrogens with zero attached hydrogens (tertiary/aromatic N) is 2. The SMILES string of the molecule is CCC(CC1CC1)Nc1nnc(Br)s1. The van der Waals surface area contributed by atoms with Gasteiger partial charge in [-0.25, -0.2) is 0 Å². The van der Waals surface area contributed by atoms with Gasteiger partial charge >= 0.3 is 0 Å². The van der Waals surface area contributed by atoms with Gasteiger partial charge in [0.1, 0.15) is 0 Å². The van der Waals surface area contributed by atoms with Gasteiger partial charge in [0, 0.05) is 6.04 Å². The largest absolute Gasteiger partial charge is 0.357 e. The Hall–Kier alpha value is -0.160. The average molecular weight is 276 g/mol. The molecule has 0 radical (unpaired) electrons. The number of rotatable bonds is 5. The van der Waals surface area contributed by atoms with E-state index in [9.17, 15) is 0 Å². The Morgan fingerprint density at radius 2 is 2.36 bits per heavy atom. The molecule has 1 fully saturated rings. The van der Waals surface area contributed by atoms with Crippen molar-refractivity contribution in [2.45, 2.75) is 38.6 Å². The first-order valence-electron chi connectivity index (χ1n) is 5.03. The maximum absolute atomic E-state index is 4.04. The van der Waals surface area contributed by atoms with Crippen molar-refractivity contribution < 1.29 is 0 Å². The van der Waals surface area contributed by atoms with E-state index in [-0.39, 0.29) is 0 Å². The predicted octanol–water partition coefficient (Wildman–Crippen LogP) is 3.29. The molecule has 0 amide bonds. The van der Waals surface area contributed by atoms with E-state index in [1.165, 1.54) is 19.3 Å². The molecule has 0 spiro atoms. The van der Waals surface area contributed by atoms with Crippen LogP contribution in [0.25, 0.3) is 0 Å². The van der Waals surface area contributed by atoms with Crippen molar-refractivity contribution in [2.24, 2.45) is 5.92 Å². The van der Waals surface area contributed by atoms with Crippen LogP contribution in [0.4, 0.5) is 5.13 Å². The molecule has 1 aromatic heterocycles. The first-order chi connectivity index (χ1) is 6.78. The molecular weight excluding hydrogens is 262 g/mol. The van der Waals surface area contributed by atoms with Gasteiger partial charge in [-0.05, 0) is 34.7 Å². The zero-order valence-electron chi connectivity index (χ0n) is 8.16. The van der Waals surface area contributed by atoms with E-state index in [0.717, 1.165) is 21.4 Å². The number of anilines is 1. The second-order valence-electron chi connectivity index (χ2n) is 3.79. The maximum atomic E-state index is 4.04. The molecule has 0 aromatic carbocycles. The van der Waals surface area contributed by atoms with E-state index in [4.69, 9.17) is 0 Å². The Labute approximate surface area is 96.4 Å². The van der Waals surface area contributed by atoms with Crippen molar-refractivity contribution in [3.05, 3.63) is 3.92 Å². The average Bonchev–Trinajstić information content (AvgIpc) is 2.89. The van der Waals surface area contributed by atoms with E-state index < -0.39 is 0 Å². The van der Waals surface area contributed by atoms with Crippen LogP contribution in [-0.4, -0.2) is 16.2 Å². The molecule has 3 nitrogen and oxygen atoms in total. The van der Waals surface area contributed by atoms with Crippen LogP contribution in [0.2, 0.25) is 0 Å². The van der Waals surface area contributed by atoms with Gasteiger partial charge in [0.25, 0.3) is 0 Å². The van der Waals surface area contributed by atoms with Gasteiger partial charge in [-0.1, -0.05) is 31.1 Å². The van der Waals surface area contributed by atoms with Gasteiger partial charge in [-0.15, -0.1) is 10.2 Å². The molecule has 1 aliphatic rings. The lowest BCUT2D eigenvalue weighted by Crippen LogP contribution is -2.18. The molecule has 0 bridgehead atoms. The van der Waals surface area contributed by atoms with Gasteiger partial charge < -0.3 is 5.32 Å². The molecule has 14 heavy (non-hydrogen) atoms. The highest BCUT2D eigenvalue weighted by Crippen LogP contribution is 2.35. The van der Waals surface area contributed by atoms with Crippen LogP contribution in [0.1, 0.15) is 32.6 Å². The lowest BCUT2D eigenvalue weighted by molar-refractivity contribution is 0.586. The van der Waals surface area contributed by atoms with Crippen molar-refractivity contribution in [2.75, 3.05) is 5.32 Å². The highest BCUT2D eigenvalue weighted by Gasteiger charge is 2.25. The molecule has 1 aromatic rings. The zero-order valence-corrected chi connectivity index (χ0v) is 10.6. The minimum absolute atomic E-state index is 0.572. The first-order valence-corrected chi connectivity index (χ1v) is 6.64. The standard InChI is InChI=1S/C9H14BrN3S/c1-2-7(5-6-3-4-6)11-9-13-12-8(10)14-9/h6-7H,2-5H2,1H3,(H,11,13). The number of halogens is 1. The second kappa shape index (κ2) is 4.57. The third kappa shape index (κ3) is 2.92. The first kappa shape index (κ1) is 10.4. The highest BCUT2D eigenvalue weighted by atomic mass is 79.9. The number of hydrogen-bond acceptors (Lipinski definition) is 4. The second-order valence-corrected chi connectivity index (χ2v) is 6.04. The zero-order chi connectivity index (χ0) is 9.97. The van der Waals surface area contributed by atoms with Crippen molar-refractivity contribution in [3.63, 3.8) is 0 Å². The predicted molar refractivity (Wildman–Crippen MR) is 62.7 cm³/mol. The van der Waals surface area contributed by atoms with Gasteiger partial charge in [-0.3, -0.25) is 0 Å². The van der Waals surface area contributed by atoms with Crippen molar-refractivity contribution in [3.8, 4) is 0 Å². The fourth-order valence-electron chi connectivity index (χ4n) is 1.52. The van der Waals surface area contributed by atoms with Crippen LogP contribution in [0.3, 0.4) is 0 Å². The minimum atomic E-state index is 0.572. The molecule has 1 atom stereocenters. The monoisotopic (exact) mass is 275 g/mol. The summed E-state index contributed by atoms with van der Waals surface area (Å²) in [7, 11) is 0. The summed E-state index contributed by atoms with van der Waals surface area (Å²) in [5.41, 5.74) is 0. The molecule has 1 unspecified atom stereocenters. The fourth-order valence-corrected chi connectivity index (χ4v) is 2.61. The Morgan fingerprint density at radius 3 is 2.86 bits per heavy atom. The molecule has 1 saturated carbocycles. The van der Waals surface area contributed by atoms with Crippen LogP contribution in [0.5, 0.6) is 0 Å². The number of hydrogen-bond donors (Lipinski definition) is 1. The van der Waals surface area contributed by atoms with E-state index in [0.29, 0.717) is 6.04 Å². The summed E-state index contributed by atoms with van der Waals surface area (Å²) in [6, 6.07) is 0.572. The summed E-state index contributed by atoms with van der Waals surface area (Å²) >= 11 is 4.87. The van der Waals surface area contributed by atoms with Gasteiger partial charge in [0.15, 0.2) is 3.92 Å². The summed E-state index contributed by atoms with van der Waals surface area (Å²) < 4.78 is 0.848. The molecule has 2 rings (SSSR count). The Kier molecular flexibility index (Phi) is 3.38.